The third-order valence-electron chi connectivity index (χ3n) is 4.79. The Balaban J connectivity index is 1.41. The fourth-order valence-corrected chi connectivity index (χ4v) is 4.46. The van der Waals surface area contributed by atoms with Crippen molar-refractivity contribution in [3.8, 4) is 5.75 Å². The fourth-order valence-electron chi connectivity index (χ4n) is 3.24. The van der Waals surface area contributed by atoms with Gasteiger partial charge in [0.2, 0.25) is 0 Å². The van der Waals surface area contributed by atoms with Crippen LogP contribution in [0.3, 0.4) is 0 Å². The molecule has 1 fully saturated rings. The first-order valence-electron chi connectivity index (χ1n) is 8.90. The topological polar surface area (TPSA) is 77.4 Å². The maximum Gasteiger partial charge on any atom is 0.311 e. The average Bonchev–Trinajstić information content (AvgIpc) is 3.21. The van der Waals surface area contributed by atoms with Gasteiger partial charge < -0.3 is 19.7 Å². The van der Waals surface area contributed by atoms with Gasteiger partial charge in [0.15, 0.2) is 6.17 Å². The molecule has 2 aromatic carbocycles. The van der Waals surface area contributed by atoms with Crippen LogP contribution in [0.4, 0.5) is 10.1 Å². The largest absolute Gasteiger partial charge is 0.506 e. The maximum atomic E-state index is 13.4. The lowest BCUT2D eigenvalue weighted by Gasteiger charge is -2.35. The van der Waals surface area contributed by atoms with Crippen molar-refractivity contribution in [2.45, 2.75) is 6.17 Å². The van der Waals surface area contributed by atoms with Crippen LogP contribution < -0.4 is 10.4 Å². The number of piperazine rings is 1. The lowest BCUT2D eigenvalue weighted by atomic mass is 10.2. The van der Waals surface area contributed by atoms with Crippen molar-refractivity contribution in [1.82, 2.24) is 10.4 Å². The highest BCUT2D eigenvalue weighted by molar-refractivity contribution is 9.11. The molecule has 7 nitrogen and oxygen atoms in total. The van der Waals surface area contributed by atoms with Crippen LogP contribution in [0.2, 0.25) is 0 Å². The SMILES string of the molecule is O=C(C1=NC(c2cc(Br)c(O)c(Br)c2)NO1)N1CCN(c2cccc(F)c2)CC1. The van der Waals surface area contributed by atoms with Gasteiger partial charge in [-0.15, -0.1) is 5.48 Å². The Labute approximate surface area is 183 Å². The molecule has 2 heterocycles. The van der Waals surface area contributed by atoms with Gasteiger partial charge >= 0.3 is 11.8 Å². The van der Waals surface area contributed by atoms with Crippen molar-refractivity contribution in [3.63, 3.8) is 0 Å². The van der Waals surface area contributed by atoms with Crippen LogP contribution in [0.25, 0.3) is 0 Å². The molecule has 10 heteroatoms. The highest BCUT2D eigenvalue weighted by Crippen LogP contribution is 2.36. The van der Waals surface area contributed by atoms with Gasteiger partial charge in [-0.2, -0.15) is 0 Å². The minimum absolute atomic E-state index is 0.00507. The van der Waals surface area contributed by atoms with Crippen molar-refractivity contribution in [1.29, 1.82) is 0 Å². The zero-order valence-electron chi connectivity index (χ0n) is 15.1. The van der Waals surface area contributed by atoms with Crippen LogP contribution in [0.15, 0.2) is 50.3 Å². The second-order valence-electron chi connectivity index (χ2n) is 6.65. The Morgan fingerprint density at radius 1 is 1.17 bits per heavy atom. The number of aromatic hydroxyl groups is 1. The van der Waals surface area contributed by atoms with Crippen LogP contribution in [-0.4, -0.2) is 48.0 Å². The Morgan fingerprint density at radius 3 is 2.52 bits per heavy atom. The lowest BCUT2D eigenvalue weighted by Crippen LogP contribution is -2.50. The molecule has 0 bridgehead atoms. The van der Waals surface area contributed by atoms with Crippen LogP contribution in [0.5, 0.6) is 5.75 Å². The van der Waals surface area contributed by atoms with E-state index in [-0.39, 0.29) is 23.4 Å². The molecule has 1 saturated heterocycles. The third kappa shape index (κ3) is 4.24. The first-order chi connectivity index (χ1) is 13.9. The molecular formula is C19H17Br2FN4O3. The molecule has 2 N–H and O–H groups in total. The number of halogens is 3. The average molecular weight is 528 g/mol. The summed E-state index contributed by atoms with van der Waals surface area (Å²) in [5, 5.41) is 9.84. The number of carbonyl (C=O) groups is 1. The number of benzene rings is 2. The van der Waals surface area contributed by atoms with Crippen LogP contribution in [0.1, 0.15) is 11.7 Å². The number of anilines is 1. The van der Waals surface area contributed by atoms with Gasteiger partial charge in [0, 0.05) is 31.9 Å². The van der Waals surface area contributed by atoms with Gasteiger partial charge in [-0.25, -0.2) is 9.38 Å². The molecule has 2 aromatic rings. The van der Waals surface area contributed by atoms with E-state index >= 15 is 0 Å². The number of nitrogens with one attached hydrogen (secondary N) is 1. The van der Waals surface area contributed by atoms with Crippen molar-refractivity contribution in [3.05, 3.63) is 56.7 Å². The summed E-state index contributed by atoms with van der Waals surface area (Å²) in [5.74, 6) is -0.492. The van der Waals surface area contributed by atoms with E-state index in [9.17, 15) is 14.3 Å². The van der Waals surface area contributed by atoms with Crippen molar-refractivity contribution < 1.29 is 19.1 Å². The lowest BCUT2D eigenvalue weighted by molar-refractivity contribution is -0.126. The first kappa shape index (κ1) is 20.1. The number of phenolic OH excluding ortho intramolecular Hbond substituents is 1. The Bertz CT molecular complexity index is 957. The zero-order chi connectivity index (χ0) is 20.5. The number of hydrogen-bond donors (Lipinski definition) is 2. The van der Waals surface area contributed by atoms with Crippen LogP contribution in [-0.2, 0) is 9.63 Å². The van der Waals surface area contributed by atoms with Crippen LogP contribution >= 0.6 is 31.9 Å². The summed E-state index contributed by atoms with van der Waals surface area (Å²) in [4.78, 5) is 26.1. The predicted molar refractivity (Wildman–Crippen MR) is 113 cm³/mol. The number of aliphatic imine (C=N–C) groups is 1. The molecule has 0 radical (unpaired) electrons. The molecule has 152 valence electrons. The summed E-state index contributed by atoms with van der Waals surface area (Å²) in [6.45, 7) is 2.16. The number of carbonyl (C=O) groups excluding carboxylic acids is 1. The number of nitrogens with zero attached hydrogens (tertiary/aromatic N) is 3. The minimum atomic E-state index is -0.560. The monoisotopic (exact) mass is 526 g/mol. The van der Waals surface area contributed by atoms with Gasteiger partial charge in [-0.3, -0.25) is 4.79 Å². The molecule has 0 spiro atoms. The molecule has 1 unspecified atom stereocenters. The maximum absolute atomic E-state index is 13.4. The molecule has 1 atom stereocenters. The van der Waals surface area contributed by atoms with Gasteiger partial charge in [-0.1, -0.05) is 6.07 Å². The molecule has 2 aliphatic rings. The molecule has 0 aliphatic carbocycles. The van der Waals surface area contributed by atoms with Gasteiger partial charge in [0.05, 0.1) is 8.95 Å². The Hall–Kier alpha value is -2.17. The molecule has 0 saturated carbocycles. The van der Waals surface area contributed by atoms with E-state index in [1.165, 1.54) is 12.1 Å². The highest BCUT2D eigenvalue weighted by atomic mass is 79.9. The van der Waals surface area contributed by atoms with E-state index in [2.05, 4.69) is 42.3 Å². The summed E-state index contributed by atoms with van der Waals surface area (Å²) in [7, 11) is 0. The normalized spacial score (nSPS) is 19.1. The fraction of sp³-hybridized carbons (Fsp3) is 0.263. The van der Waals surface area contributed by atoms with E-state index in [1.54, 1.807) is 23.1 Å². The first-order valence-corrected chi connectivity index (χ1v) is 10.5. The second kappa shape index (κ2) is 8.29. The van der Waals surface area contributed by atoms with E-state index < -0.39 is 6.17 Å². The Kier molecular flexibility index (Phi) is 5.75. The summed E-state index contributed by atoms with van der Waals surface area (Å²) in [5.41, 5.74) is 4.26. The number of rotatable bonds is 3. The molecule has 29 heavy (non-hydrogen) atoms. The van der Waals surface area contributed by atoms with Crippen molar-refractivity contribution in [2.24, 2.45) is 4.99 Å². The zero-order valence-corrected chi connectivity index (χ0v) is 18.3. The number of amides is 1. The van der Waals surface area contributed by atoms with Gasteiger partial charge in [-0.05, 0) is 67.8 Å². The van der Waals surface area contributed by atoms with E-state index in [1.807, 2.05) is 11.0 Å². The van der Waals surface area contributed by atoms with Gasteiger partial charge in [0.25, 0.3) is 0 Å². The number of hydroxylamine groups is 1. The molecular weight excluding hydrogens is 511 g/mol. The van der Waals surface area contributed by atoms with E-state index in [0.717, 1.165) is 11.3 Å². The van der Waals surface area contributed by atoms with Crippen molar-refractivity contribution in [2.75, 3.05) is 31.1 Å². The Morgan fingerprint density at radius 2 is 1.86 bits per heavy atom. The molecule has 0 aromatic heterocycles. The number of phenols is 1. The summed E-state index contributed by atoms with van der Waals surface area (Å²) in [6.07, 6.45) is -0.560. The smallest absolute Gasteiger partial charge is 0.311 e. The van der Waals surface area contributed by atoms with Crippen LogP contribution in [0, 0.1) is 5.82 Å². The molecule has 1 amide bonds. The summed E-state index contributed by atoms with van der Waals surface area (Å²) in [6, 6.07) is 9.84. The third-order valence-corrected chi connectivity index (χ3v) is 6.00. The standard InChI is InChI=1S/C19H17Br2FN4O3/c20-14-8-11(9-15(21)16(14)27)17-23-18(29-24-17)19(28)26-6-4-25(5-7-26)13-3-1-2-12(22)10-13/h1-3,8-10,17,24,27H,4-7H2. The second-order valence-corrected chi connectivity index (χ2v) is 8.36. The number of hydrogen-bond acceptors (Lipinski definition) is 6. The van der Waals surface area contributed by atoms with E-state index in [4.69, 9.17) is 4.84 Å². The quantitative estimate of drug-likeness (QED) is 0.640. The molecule has 2 aliphatic heterocycles. The minimum Gasteiger partial charge on any atom is -0.506 e. The highest BCUT2D eigenvalue weighted by Gasteiger charge is 2.31. The predicted octanol–water partition coefficient (Wildman–Crippen LogP) is 3.34. The van der Waals surface area contributed by atoms with E-state index in [0.29, 0.717) is 35.1 Å². The van der Waals surface area contributed by atoms with Gasteiger partial charge in [0.1, 0.15) is 11.6 Å². The van der Waals surface area contributed by atoms with Crippen molar-refractivity contribution >= 4 is 49.4 Å². The molecule has 4 rings (SSSR count). The summed E-state index contributed by atoms with van der Waals surface area (Å²) >= 11 is 6.56. The summed E-state index contributed by atoms with van der Waals surface area (Å²) < 4.78 is 14.4.